The molecule has 1 aromatic heterocycles. The van der Waals surface area contributed by atoms with Crippen LogP contribution in [0.1, 0.15) is 0 Å². The zero-order valence-electron chi connectivity index (χ0n) is 15.2. The standard InChI is InChI=1S/C17H19N3O6S2/c1-19(2)28(24,25)14-8-6-13(7-9-14)18-15(21)11-26-17(22)12-27-16-5-3-4-10-20(16)23/h3-10H,11-12H2,1-2H3,(H,18,21). The second kappa shape index (κ2) is 9.53. The van der Waals surface area contributed by atoms with Gasteiger partial charge in [0.05, 0.1) is 4.90 Å². The van der Waals surface area contributed by atoms with Gasteiger partial charge in [-0.05, 0) is 42.1 Å². The molecule has 0 aliphatic carbocycles. The fourth-order valence-corrected chi connectivity index (χ4v) is 3.58. The summed E-state index contributed by atoms with van der Waals surface area (Å²) in [7, 11) is -0.706. The summed E-state index contributed by atoms with van der Waals surface area (Å²) >= 11 is 1.00. The number of rotatable bonds is 8. The second-order valence-corrected chi connectivity index (χ2v) is 8.82. The van der Waals surface area contributed by atoms with Crippen molar-refractivity contribution in [3.05, 3.63) is 53.9 Å². The minimum Gasteiger partial charge on any atom is -0.618 e. The highest BCUT2D eigenvalue weighted by molar-refractivity contribution is 7.99. The summed E-state index contributed by atoms with van der Waals surface area (Å²) in [4.78, 5) is 23.7. The Morgan fingerprint density at radius 1 is 1.18 bits per heavy atom. The van der Waals surface area contributed by atoms with Gasteiger partial charge in [-0.2, -0.15) is 4.73 Å². The third-order valence-electron chi connectivity index (χ3n) is 3.41. The van der Waals surface area contributed by atoms with Gasteiger partial charge < -0.3 is 15.3 Å². The lowest BCUT2D eigenvalue weighted by Gasteiger charge is -2.12. The normalized spacial score (nSPS) is 11.2. The summed E-state index contributed by atoms with van der Waals surface area (Å²) in [5.74, 6) is -1.33. The minimum absolute atomic E-state index is 0.0930. The van der Waals surface area contributed by atoms with E-state index in [0.717, 1.165) is 16.1 Å². The molecule has 0 aliphatic heterocycles. The molecule has 2 rings (SSSR count). The van der Waals surface area contributed by atoms with Crippen molar-refractivity contribution >= 4 is 39.3 Å². The molecule has 0 saturated carbocycles. The molecular formula is C17H19N3O6S2. The Balaban J connectivity index is 1.81. The number of nitrogens with one attached hydrogen (secondary N) is 1. The van der Waals surface area contributed by atoms with E-state index in [1.807, 2.05) is 0 Å². The highest BCUT2D eigenvalue weighted by Gasteiger charge is 2.17. The SMILES string of the molecule is CN(C)S(=O)(=O)c1ccc(NC(=O)COC(=O)CSc2cccc[n+]2[O-])cc1. The molecule has 2 aromatic rings. The first-order valence-electron chi connectivity index (χ1n) is 7.99. The quantitative estimate of drug-likeness (QED) is 0.288. The number of ether oxygens (including phenoxy) is 1. The lowest BCUT2D eigenvalue weighted by Crippen LogP contribution is -2.28. The number of anilines is 1. The van der Waals surface area contributed by atoms with Crippen LogP contribution >= 0.6 is 11.8 Å². The smallest absolute Gasteiger partial charge is 0.317 e. The Bertz CT molecular complexity index is 946. The van der Waals surface area contributed by atoms with Crippen LogP contribution in [0, 0.1) is 5.21 Å². The predicted molar refractivity (Wildman–Crippen MR) is 103 cm³/mol. The molecule has 0 atom stereocenters. The molecule has 28 heavy (non-hydrogen) atoms. The molecule has 1 N–H and O–H groups in total. The summed E-state index contributed by atoms with van der Waals surface area (Å²) < 4.78 is 30.5. The van der Waals surface area contributed by atoms with Gasteiger partial charge in [-0.25, -0.2) is 12.7 Å². The molecule has 0 fully saturated rings. The molecule has 0 spiro atoms. The molecule has 11 heteroatoms. The minimum atomic E-state index is -3.55. The first-order valence-corrected chi connectivity index (χ1v) is 10.4. The monoisotopic (exact) mass is 425 g/mol. The maximum atomic E-state index is 12.0. The van der Waals surface area contributed by atoms with Gasteiger partial charge in [0.2, 0.25) is 10.0 Å². The van der Waals surface area contributed by atoms with Crippen molar-refractivity contribution in [2.45, 2.75) is 9.92 Å². The lowest BCUT2D eigenvalue weighted by molar-refractivity contribution is -0.645. The summed E-state index contributed by atoms with van der Waals surface area (Å²) in [6.45, 7) is -0.497. The average Bonchev–Trinajstić information content (AvgIpc) is 2.66. The average molecular weight is 425 g/mol. The molecule has 0 radical (unpaired) electrons. The van der Waals surface area contributed by atoms with E-state index in [4.69, 9.17) is 4.74 Å². The molecule has 0 saturated heterocycles. The summed E-state index contributed by atoms with van der Waals surface area (Å²) in [6.07, 6.45) is 1.32. The molecule has 150 valence electrons. The van der Waals surface area contributed by atoms with Gasteiger partial charge >= 0.3 is 5.97 Å². The van der Waals surface area contributed by atoms with E-state index in [1.165, 1.54) is 44.6 Å². The van der Waals surface area contributed by atoms with Crippen LogP contribution in [0.5, 0.6) is 0 Å². The lowest BCUT2D eigenvalue weighted by atomic mass is 10.3. The van der Waals surface area contributed by atoms with Gasteiger partial charge in [0, 0.05) is 31.9 Å². The number of sulfonamides is 1. The number of carbonyl (C=O) groups is 2. The number of thioether (sulfide) groups is 1. The van der Waals surface area contributed by atoms with E-state index in [0.29, 0.717) is 15.4 Å². The Morgan fingerprint density at radius 2 is 1.86 bits per heavy atom. The van der Waals surface area contributed by atoms with Gasteiger partial charge in [0.15, 0.2) is 12.8 Å². The van der Waals surface area contributed by atoms with Crippen LogP contribution in [0.3, 0.4) is 0 Å². The van der Waals surface area contributed by atoms with E-state index in [-0.39, 0.29) is 10.6 Å². The number of nitrogens with zero attached hydrogens (tertiary/aromatic N) is 2. The molecule has 1 heterocycles. The van der Waals surface area contributed by atoms with Gasteiger partial charge in [-0.15, -0.1) is 0 Å². The van der Waals surface area contributed by atoms with Crippen LogP contribution in [-0.2, 0) is 24.3 Å². The Labute approximate surface area is 166 Å². The molecule has 0 aliphatic rings. The number of aromatic nitrogens is 1. The maximum absolute atomic E-state index is 12.0. The number of hydrogen-bond acceptors (Lipinski definition) is 7. The molecular weight excluding hydrogens is 406 g/mol. The fourth-order valence-electron chi connectivity index (χ4n) is 1.96. The van der Waals surface area contributed by atoms with Crippen molar-refractivity contribution in [3.8, 4) is 0 Å². The topological polar surface area (TPSA) is 120 Å². The number of pyridine rings is 1. The van der Waals surface area contributed by atoms with E-state index in [1.54, 1.807) is 18.2 Å². The number of hydrogen-bond donors (Lipinski definition) is 1. The van der Waals surface area contributed by atoms with E-state index in [9.17, 15) is 23.2 Å². The molecule has 0 bridgehead atoms. The van der Waals surface area contributed by atoms with Crippen LogP contribution in [0.4, 0.5) is 5.69 Å². The zero-order chi connectivity index (χ0) is 20.7. The van der Waals surface area contributed by atoms with Crippen molar-refractivity contribution in [2.24, 2.45) is 0 Å². The Kier molecular flexibility index (Phi) is 7.38. The van der Waals surface area contributed by atoms with Crippen molar-refractivity contribution in [1.82, 2.24) is 4.31 Å². The number of amides is 1. The van der Waals surface area contributed by atoms with E-state index in [2.05, 4.69) is 5.32 Å². The van der Waals surface area contributed by atoms with Crippen LogP contribution in [0.2, 0.25) is 0 Å². The van der Waals surface area contributed by atoms with Gasteiger partial charge in [0.1, 0.15) is 5.75 Å². The maximum Gasteiger partial charge on any atom is 0.317 e. The molecule has 1 aromatic carbocycles. The van der Waals surface area contributed by atoms with E-state index < -0.39 is 28.5 Å². The van der Waals surface area contributed by atoms with Gasteiger partial charge in [-0.1, -0.05) is 0 Å². The number of esters is 1. The summed E-state index contributed by atoms with van der Waals surface area (Å²) in [6, 6.07) is 10.4. The zero-order valence-corrected chi connectivity index (χ0v) is 16.8. The van der Waals surface area contributed by atoms with Crippen LogP contribution in [0.25, 0.3) is 0 Å². The molecule has 9 nitrogen and oxygen atoms in total. The van der Waals surface area contributed by atoms with Gasteiger partial charge in [0.25, 0.3) is 10.9 Å². The largest absolute Gasteiger partial charge is 0.618 e. The molecule has 1 amide bonds. The van der Waals surface area contributed by atoms with E-state index >= 15 is 0 Å². The second-order valence-electron chi connectivity index (χ2n) is 5.67. The number of benzene rings is 1. The highest BCUT2D eigenvalue weighted by atomic mass is 32.2. The van der Waals surface area contributed by atoms with Crippen molar-refractivity contribution in [3.63, 3.8) is 0 Å². The Morgan fingerprint density at radius 3 is 2.46 bits per heavy atom. The van der Waals surface area contributed by atoms with Crippen molar-refractivity contribution in [1.29, 1.82) is 0 Å². The summed E-state index contributed by atoms with van der Waals surface area (Å²) in [5, 5.41) is 14.3. The predicted octanol–water partition coefficient (Wildman–Crippen LogP) is 0.844. The Hall–Kier alpha value is -2.63. The number of carbonyl (C=O) groups excluding carboxylic acids is 2. The van der Waals surface area contributed by atoms with Crippen molar-refractivity contribution in [2.75, 3.05) is 31.8 Å². The van der Waals surface area contributed by atoms with Crippen LogP contribution in [-0.4, -0.2) is 51.1 Å². The van der Waals surface area contributed by atoms with Crippen LogP contribution in [0.15, 0.2) is 58.6 Å². The first kappa shape index (κ1) is 21.7. The van der Waals surface area contributed by atoms with Gasteiger partial charge in [-0.3, -0.25) is 9.59 Å². The third-order valence-corrected chi connectivity index (χ3v) is 6.23. The van der Waals surface area contributed by atoms with Crippen molar-refractivity contribution < 1.29 is 27.5 Å². The highest BCUT2D eigenvalue weighted by Crippen LogP contribution is 2.16. The molecule has 0 unspecified atom stereocenters. The first-order chi connectivity index (χ1) is 13.2. The third kappa shape index (κ3) is 5.94. The fraction of sp³-hybridized carbons (Fsp3) is 0.235. The van der Waals surface area contributed by atoms with Crippen LogP contribution < -0.4 is 10.0 Å². The summed E-state index contributed by atoms with van der Waals surface area (Å²) in [5.41, 5.74) is 0.366.